The second-order valence-corrected chi connectivity index (χ2v) is 7.63. The van der Waals surface area contributed by atoms with Crippen LogP contribution in [0.4, 0.5) is 0 Å². The Balaban J connectivity index is 1.34. The number of ether oxygens (including phenoxy) is 3. The van der Waals surface area contributed by atoms with Gasteiger partial charge in [-0.2, -0.15) is 0 Å². The van der Waals surface area contributed by atoms with E-state index in [1.165, 1.54) is 10.4 Å². The molecule has 1 spiro atoms. The van der Waals surface area contributed by atoms with Gasteiger partial charge in [0.2, 0.25) is 0 Å². The highest BCUT2D eigenvalue weighted by Crippen LogP contribution is 2.44. The summed E-state index contributed by atoms with van der Waals surface area (Å²) in [6.45, 7) is 2.23. The molecule has 0 saturated carbocycles. The zero-order chi connectivity index (χ0) is 18.0. The third-order valence-corrected chi connectivity index (χ3v) is 6.38. The van der Waals surface area contributed by atoms with Crippen molar-refractivity contribution >= 4 is 17.2 Å². The average Bonchev–Trinajstić information content (AvgIpc) is 3.17. The maximum atomic E-state index is 12.5. The molecule has 0 unspecified atom stereocenters. The number of carbonyl (C=O) groups is 1. The summed E-state index contributed by atoms with van der Waals surface area (Å²) in [6, 6.07) is 9.52. The number of rotatable bonds is 4. The van der Waals surface area contributed by atoms with E-state index in [9.17, 15) is 4.79 Å². The van der Waals surface area contributed by atoms with E-state index in [0.29, 0.717) is 18.8 Å². The maximum Gasteiger partial charge on any atom is 0.260 e. The summed E-state index contributed by atoms with van der Waals surface area (Å²) in [5.41, 5.74) is 1.23. The smallest absolute Gasteiger partial charge is 0.260 e. The van der Waals surface area contributed by atoms with Crippen LogP contribution in [-0.2, 0) is 21.6 Å². The third-order valence-electron chi connectivity index (χ3n) is 5.24. The molecule has 2 aromatic rings. The monoisotopic (exact) mass is 373 g/mol. The molecule has 4 rings (SSSR count). The van der Waals surface area contributed by atoms with Crippen LogP contribution in [-0.4, -0.2) is 44.2 Å². The van der Waals surface area contributed by atoms with Crippen LogP contribution in [0.25, 0.3) is 0 Å². The van der Waals surface area contributed by atoms with E-state index < -0.39 is 0 Å². The Hall–Kier alpha value is -2.05. The lowest BCUT2D eigenvalue weighted by molar-refractivity contribution is -0.142. The molecule has 2 aliphatic heterocycles. The van der Waals surface area contributed by atoms with Gasteiger partial charge in [0.15, 0.2) is 6.61 Å². The van der Waals surface area contributed by atoms with Crippen LogP contribution in [0.5, 0.6) is 11.5 Å². The first-order valence-electron chi connectivity index (χ1n) is 8.96. The van der Waals surface area contributed by atoms with Gasteiger partial charge in [-0.3, -0.25) is 4.79 Å². The molecule has 0 bridgehead atoms. The lowest BCUT2D eigenvalue weighted by atomic mass is 9.85. The fraction of sp³-hybridized carbons (Fsp3) is 0.450. The van der Waals surface area contributed by atoms with E-state index in [4.69, 9.17) is 14.2 Å². The summed E-state index contributed by atoms with van der Waals surface area (Å²) in [5, 5.41) is 2.15. The molecule has 0 radical (unpaired) electrons. The number of benzene rings is 1. The summed E-state index contributed by atoms with van der Waals surface area (Å²) < 4.78 is 17.0. The molecule has 2 aliphatic rings. The van der Waals surface area contributed by atoms with E-state index in [2.05, 4.69) is 11.4 Å². The Morgan fingerprint density at radius 3 is 2.88 bits per heavy atom. The van der Waals surface area contributed by atoms with Crippen molar-refractivity contribution in [3.05, 3.63) is 46.2 Å². The first-order chi connectivity index (χ1) is 12.7. The van der Waals surface area contributed by atoms with E-state index in [1.54, 1.807) is 24.5 Å². The number of hydrogen-bond donors (Lipinski definition) is 0. The summed E-state index contributed by atoms with van der Waals surface area (Å²) in [4.78, 5) is 15.8. The van der Waals surface area contributed by atoms with Crippen molar-refractivity contribution in [2.45, 2.75) is 24.9 Å². The minimum absolute atomic E-state index is 0.0184. The van der Waals surface area contributed by atoms with Gasteiger partial charge in [-0.15, -0.1) is 11.3 Å². The van der Waals surface area contributed by atoms with Gasteiger partial charge in [-0.05, 0) is 48.4 Å². The number of nitrogens with zero attached hydrogens (tertiary/aromatic N) is 1. The Labute approximate surface area is 157 Å². The molecular weight excluding hydrogens is 350 g/mol. The lowest BCUT2D eigenvalue weighted by Gasteiger charge is -2.43. The van der Waals surface area contributed by atoms with Crippen LogP contribution in [0.1, 0.15) is 23.3 Å². The van der Waals surface area contributed by atoms with Crippen molar-refractivity contribution in [2.24, 2.45) is 0 Å². The molecule has 1 aromatic carbocycles. The van der Waals surface area contributed by atoms with Crippen molar-refractivity contribution in [1.29, 1.82) is 0 Å². The summed E-state index contributed by atoms with van der Waals surface area (Å²) in [6.07, 6.45) is 2.70. The highest BCUT2D eigenvalue weighted by Gasteiger charge is 2.42. The molecule has 0 N–H and O–H groups in total. The van der Waals surface area contributed by atoms with Crippen LogP contribution < -0.4 is 9.47 Å². The molecule has 6 heteroatoms. The second-order valence-electron chi connectivity index (χ2n) is 6.72. The van der Waals surface area contributed by atoms with Crippen molar-refractivity contribution < 1.29 is 19.0 Å². The number of thiophene rings is 1. The van der Waals surface area contributed by atoms with Gasteiger partial charge in [0.05, 0.1) is 13.7 Å². The number of likely N-dealkylation sites (tertiary alicyclic amines) is 1. The molecule has 1 saturated heterocycles. The summed E-state index contributed by atoms with van der Waals surface area (Å²) >= 11 is 1.79. The standard InChI is InChI=1S/C20H23NO4S/c1-23-16-3-2-4-17(13-16)24-14-18(22)21-9-7-20(8-10-21)19-15(5-11-25-20)6-12-26-19/h2-4,6,12-13H,5,7-11,14H2,1H3. The van der Waals surface area contributed by atoms with Gasteiger partial charge in [-0.25, -0.2) is 0 Å². The maximum absolute atomic E-state index is 12.5. The predicted octanol–water partition coefficient (Wildman–Crippen LogP) is 3.23. The minimum Gasteiger partial charge on any atom is -0.497 e. The molecule has 3 heterocycles. The van der Waals surface area contributed by atoms with Gasteiger partial charge in [0, 0.05) is 24.0 Å². The molecule has 5 nitrogen and oxygen atoms in total. The lowest BCUT2D eigenvalue weighted by Crippen LogP contribution is -2.48. The molecule has 26 heavy (non-hydrogen) atoms. The van der Waals surface area contributed by atoms with Crippen molar-refractivity contribution in [3.63, 3.8) is 0 Å². The Kier molecular flexibility index (Phi) is 4.87. The van der Waals surface area contributed by atoms with Gasteiger partial charge in [-0.1, -0.05) is 6.07 Å². The number of fused-ring (bicyclic) bond motifs is 2. The Morgan fingerprint density at radius 1 is 1.27 bits per heavy atom. The van der Waals surface area contributed by atoms with E-state index in [0.717, 1.165) is 31.6 Å². The number of amides is 1. The van der Waals surface area contributed by atoms with Crippen molar-refractivity contribution in [1.82, 2.24) is 4.90 Å². The Bertz CT molecular complexity index is 780. The average molecular weight is 373 g/mol. The van der Waals surface area contributed by atoms with Crippen molar-refractivity contribution in [2.75, 3.05) is 33.4 Å². The SMILES string of the molecule is COc1cccc(OCC(=O)N2CCC3(CC2)OCCc2ccsc23)c1. The summed E-state index contributed by atoms with van der Waals surface area (Å²) in [5.74, 6) is 1.38. The Morgan fingerprint density at radius 2 is 2.08 bits per heavy atom. The molecule has 1 amide bonds. The predicted molar refractivity (Wildman–Crippen MR) is 100.0 cm³/mol. The minimum atomic E-state index is -0.188. The first-order valence-corrected chi connectivity index (χ1v) is 9.84. The molecular formula is C20H23NO4S. The van der Waals surface area contributed by atoms with Gasteiger partial charge in [0.1, 0.15) is 17.1 Å². The quantitative estimate of drug-likeness (QED) is 0.826. The van der Waals surface area contributed by atoms with Gasteiger partial charge < -0.3 is 19.1 Å². The zero-order valence-electron chi connectivity index (χ0n) is 14.9. The summed E-state index contributed by atoms with van der Waals surface area (Å²) in [7, 11) is 1.61. The number of carbonyl (C=O) groups excluding carboxylic acids is 1. The van der Waals surface area contributed by atoms with Crippen LogP contribution in [0.3, 0.4) is 0 Å². The normalized spacial score (nSPS) is 18.4. The number of piperidine rings is 1. The molecule has 0 atom stereocenters. The first kappa shape index (κ1) is 17.4. The van der Waals surface area contributed by atoms with E-state index in [1.807, 2.05) is 23.1 Å². The van der Waals surface area contributed by atoms with Gasteiger partial charge >= 0.3 is 0 Å². The van der Waals surface area contributed by atoms with E-state index in [-0.39, 0.29) is 18.1 Å². The van der Waals surface area contributed by atoms with Crippen molar-refractivity contribution in [3.8, 4) is 11.5 Å². The van der Waals surface area contributed by atoms with Gasteiger partial charge in [0.25, 0.3) is 5.91 Å². The van der Waals surface area contributed by atoms with Crippen LogP contribution in [0, 0.1) is 0 Å². The fourth-order valence-corrected chi connectivity index (χ4v) is 4.94. The molecule has 0 aliphatic carbocycles. The number of methoxy groups -OCH3 is 1. The molecule has 1 fully saturated rings. The largest absolute Gasteiger partial charge is 0.497 e. The zero-order valence-corrected chi connectivity index (χ0v) is 15.7. The second kappa shape index (κ2) is 7.29. The van der Waals surface area contributed by atoms with Crippen LogP contribution in [0.15, 0.2) is 35.7 Å². The topological polar surface area (TPSA) is 48.0 Å². The third kappa shape index (κ3) is 3.31. The van der Waals surface area contributed by atoms with Crippen LogP contribution >= 0.6 is 11.3 Å². The van der Waals surface area contributed by atoms with Crippen LogP contribution in [0.2, 0.25) is 0 Å². The highest BCUT2D eigenvalue weighted by atomic mass is 32.1. The highest BCUT2D eigenvalue weighted by molar-refractivity contribution is 7.10. The molecule has 138 valence electrons. The molecule has 1 aromatic heterocycles. The number of hydrogen-bond acceptors (Lipinski definition) is 5. The van der Waals surface area contributed by atoms with E-state index >= 15 is 0 Å². The fourth-order valence-electron chi connectivity index (χ4n) is 3.77.